The van der Waals surface area contributed by atoms with E-state index in [1.54, 1.807) is 0 Å². The second-order valence-corrected chi connectivity index (χ2v) is 19.7. The van der Waals surface area contributed by atoms with E-state index in [0.29, 0.717) is 19.3 Å². The molecule has 3 atom stereocenters. The van der Waals surface area contributed by atoms with E-state index in [4.69, 9.17) is 4.74 Å². The molecule has 1 amide bonds. The molecule has 0 rings (SSSR count). The maximum atomic E-state index is 13.3. The Morgan fingerprint density at radius 2 is 0.773 bits per heavy atom. The predicted molar refractivity (Wildman–Crippen MR) is 287 cm³/mol. The third-order valence-corrected chi connectivity index (χ3v) is 13.1. The maximum Gasteiger partial charge on any atom is 0.306 e. The summed E-state index contributed by atoms with van der Waals surface area (Å²) >= 11 is 0. The number of hydrogen-bond donors (Lipinski definition) is 3. The number of aliphatic hydroxyl groups is 2. The summed E-state index contributed by atoms with van der Waals surface area (Å²) in [6.45, 7) is 6.46. The zero-order chi connectivity index (χ0) is 48.1. The molecular formula is C60H111NO5. The van der Waals surface area contributed by atoms with Crippen molar-refractivity contribution < 1.29 is 24.5 Å². The third-order valence-electron chi connectivity index (χ3n) is 13.1. The van der Waals surface area contributed by atoms with E-state index in [9.17, 15) is 19.8 Å². The van der Waals surface area contributed by atoms with Crippen molar-refractivity contribution in [3.63, 3.8) is 0 Å². The van der Waals surface area contributed by atoms with Crippen LogP contribution in [0.4, 0.5) is 0 Å². The van der Waals surface area contributed by atoms with Crippen molar-refractivity contribution in [1.82, 2.24) is 5.32 Å². The lowest BCUT2D eigenvalue weighted by molar-refractivity contribution is -0.151. The number of amides is 1. The molecule has 0 aliphatic heterocycles. The van der Waals surface area contributed by atoms with E-state index in [2.05, 4.69) is 74.7 Å². The van der Waals surface area contributed by atoms with E-state index in [1.807, 2.05) is 0 Å². The van der Waals surface area contributed by atoms with Gasteiger partial charge in [0.25, 0.3) is 0 Å². The van der Waals surface area contributed by atoms with E-state index in [0.717, 1.165) is 70.6 Å². The standard InChI is InChI=1S/C60H111NO5/c1-4-7-10-13-16-19-22-25-28-29-32-34-37-40-43-46-49-52-58(63)57(55-62)61-59(64)54-56(51-48-45-42-39-36-33-30-26-23-20-17-14-11-8-5-2)66-60(65)53-50-47-44-41-38-35-31-27-24-21-18-15-12-9-6-3/h17,20-21,24,26,30,36,39,56-58,62-63H,4-16,18-19,22-23,25,27-29,31-35,37-38,40-55H2,1-3H3,(H,61,64)/b20-17-,24-21-,30-26-,39-36-. The van der Waals surface area contributed by atoms with Crippen LogP contribution in [-0.2, 0) is 14.3 Å². The Bertz CT molecular complexity index is 1130. The number of hydrogen-bond acceptors (Lipinski definition) is 5. The Morgan fingerprint density at radius 3 is 1.24 bits per heavy atom. The first kappa shape index (κ1) is 63.8. The fraction of sp³-hybridized carbons (Fsp3) is 0.833. The molecule has 0 radical (unpaired) electrons. The van der Waals surface area contributed by atoms with E-state index >= 15 is 0 Å². The molecule has 0 fully saturated rings. The highest BCUT2D eigenvalue weighted by Gasteiger charge is 2.24. The summed E-state index contributed by atoms with van der Waals surface area (Å²) < 4.78 is 5.94. The van der Waals surface area contributed by atoms with Crippen LogP contribution in [0, 0.1) is 0 Å². The van der Waals surface area contributed by atoms with Gasteiger partial charge in [0.05, 0.1) is 25.2 Å². The number of rotatable bonds is 52. The molecule has 6 nitrogen and oxygen atoms in total. The number of allylic oxidation sites excluding steroid dienone is 8. The molecule has 0 aromatic carbocycles. The van der Waals surface area contributed by atoms with Crippen LogP contribution in [0.1, 0.15) is 297 Å². The minimum atomic E-state index is -0.799. The van der Waals surface area contributed by atoms with Crippen LogP contribution in [0.3, 0.4) is 0 Å². The van der Waals surface area contributed by atoms with Gasteiger partial charge in [-0.1, -0.05) is 243 Å². The molecule has 0 saturated heterocycles. The van der Waals surface area contributed by atoms with Crippen molar-refractivity contribution in [3.8, 4) is 0 Å². The predicted octanol–water partition coefficient (Wildman–Crippen LogP) is 17.8. The van der Waals surface area contributed by atoms with Crippen LogP contribution in [-0.4, -0.2) is 46.9 Å². The smallest absolute Gasteiger partial charge is 0.306 e. The van der Waals surface area contributed by atoms with E-state index in [1.165, 1.54) is 180 Å². The summed E-state index contributed by atoms with van der Waals surface area (Å²) in [4.78, 5) is 26.2. The van der Waals surface area contributed by atoms with Gasteiger partial charge >= 0.3 is 5.97 Å². The van der Waals surface area contributed by atoms with E-state index < -0.39 is 18.2 Å². The summed E-state index contributed by atoms with van der Waals surface area (Å²) in [6.07, 6.45) is 66.0. The molecule has 3 N–H and O–H groups in total. The molecule has 0 aliphatic rings. The molecular weight excluding hydrogens is 815 g/mol. The summed E-state index contributed by atoms with van der Waals surface area (Å²) in [5.41, 5.74) is 0. The highest BCUT2D eigenvalue weighted by atomic mass is 16.5. The van der Waals surface area contributed by atoms with Crippen molar-refractivity contribution >= 4 is 11.9 Å². The van der Waals surface area contributed by atoms with Crippen molar-refractivity contribution in [1.29, 1.82) is 0 Å². The van der Waals surface area contributed by atoms with Crippen LogP contribution in [0.15, 0.2) is 48.6 Å². The largest absolute Gasteiger partial charge is 0.462 e. The van der Waals surface area contributed by atoms with E-state index in [-0.39, 0.29) is 24.9 Å². The fourth-order valence-corrected chi connectivity index (χ4v) is 8.73. The Balaban J connectivity index is 4.58. The van der Waals surface area contributed by atoms with Crippen LogP contribution in [0.25, 0.3) is 0 Å². The van der Waals surface area contributed by atoms with Gasteiger partial charge < -0.3 is 20.3 Å². The molecule has 0 aromatic rings. The number of unbranched alkanes of at least 4 members (excludes halogenated alkanes) is 32. The highest BCUT2D eigenvalue weighted by Crippen LogP contribution is 2.18. The number of aliphatic hydroxyl groups excluding tert-OH is 2. The number of nitrogens with one attached hydrogen (secondary N) is 1. The van der Waals surface area contributed by atoms with Gasteiger partial charge in [-0.3, -0.25) is 9.59 Å². The molecule has 6 heteroatoms. The number of esters is 1. The molecule has 0 saturated carbocycles. The highest BCUT2D eigenvalue weighted by molar-refractivity contribution is 5.77. The Hall–Kier alpha value is -2.18. The lowest BCUT2D eigenvalue weighted by Crippen LogP contribution is -2.46. The van der Waals surface area contributed by atoms with Crippen LogP contribution >= 0.6 is 0 Å². The molecule has 386 valence electrons. The normalized spacial score (nSPS) is 13.5. The first-order valence-corrected chi connectivity index (χ1v) is 28.9. The maximum absolute atomic E-state index is 13.3. The average molecular weight is 927 g/mol. The third kappa shape index (κ3) is 48.3. The van der Waals surface area contributed by atoms with Gasteiger partial charge in [0.15, 0.2) is 0 Å². The first-order valence-electron chi connectivity index (χ1n) is 28.9. The van der Waals surface area contributed by atoms with Crippen molar-refractivity contribution in [2.45, 2.75) is 315 Å². The first-order chi connectivity index (χ1) is 32.5. The average Bonchev–Trinajstić information content (AvgIpc) is 3.31. The second-order valence-electron chi connectivity index (χ2n) is 19.7. The molecule has 0 spiro atoms. The monoisotopic (exact) mass is 926 g/mol. The summed E-state index contributed by atoms with van der Waals surface area (Å²) in [6, 6.07) is -0.715. The number of carbonyl (C=O) groups is 2. The molecule has 0 heterocycles. The van der Waals surface area contributed by atoms with Crippen molar-refractivity contribution in [3.05, 3.63) is 48.6 Å². The van der Waals surface area contributed by atoms with Gasteiger partial charge in [0.1, 0.15) is 6.10 Å². The zero-order valence-electron chi connectivity index (χ0n) is 44.1. The van der Waals surface area contributed by atoms with Gasteiger partial charge in [-0.25, -0.2) is 0 Å². The molecule has 66 heavy (non-hydrogen) atoms. The quantitative estimate of drug-likeness (QED) is 0.0321. The minimum absolute atomic E-state index is 0.0514. The van der Waals surface area contributed by atoms with Gasteiger partial charge in [0, 0.05) is 6.42 Å². The second kappa shape index (κ2) is 53.8. The van der Waals surface area contributed by atoms with Gasteiger partial charge in [-0.05, 0) is 89.9 Å². The van der Waals surface area contributed by atoms with Crippen molar-refractivity contribution in [2.75, 3.05) is 6.61 Å². The lowest BCUT2D eigenvalue weighted by atomic mass is 10.0. The van der Waals surface area contributed by atoms with Gasteiger partial charge in [-0.2, -0.15) is 0 Å². The molecule has 0 aromatic heterocycles. The Morgan fingerprint density at radius 1 is 0.439 bits per heavy atom. The topological polar surface area (TPSA) is 95.9 Å². The number of ether oxygens (including phenoxy) is 1. The number of carbonyl (C=O) groups excluding carboxylic acids is 2. The van der Waals surface area contributed by atoms with Gasteiger partial charge in [0.2, 0.25) is 5.91 Å². The Kier molecular flexibility index (Phi) is 52.0. The van der Waals surface area contributed by atoms with Crippen LogP contribution in [0.2, 0.25) is 0 Å². The van der Waals surface area contributed by atoms with Crippen LogP contribution < -0.4 is 5.32 Å². The summed E-state index contributed by atoms with van der Waals surface area (Å²) in [7, 11) is 0. The fourth-order valence-electron chi connectivity index (χ4n) is 8.73. The van der Waals surface area contributed by atoms with Crippen LogP contribution in [0.5, 0.6) is 0 Å². The molecule has 3 unspecified atom stereocenters. The summed E-state index contributed by atoms with van der Waals surface area (Å²) in [5, 5.41) is 23.9. The van der Waals surface area contributed by atoms with Gasteiger partial charge in [-0.15, -0.1) is 0 Å². The minimum Gasteiger partial charge on any atom is -0.462 e. The summed E-state index contributed by atoms with van der Waals surface area (Å²) in [5.74, 6) is -0.507. The zero-order valence-corrected chi connectivity index (χ0v) is 44.1. The Labute approximate surface area is 410 Å². The molecule has 0 bridgehead atoms. The molecule has 0 aliphatic carbocycles. The lowest BCUT2D eigenvalue weighted by Gasteiger charge is -2.24. The van der Waals surface area contributed by atoms with Crippen molar-refractivity contribution in [2.24, 2.45) is 0 Å². The SMILES string of the molecule is CCCCC/C=C\C/C=C\C/C=C\CCCCC(CC(=O)NC(CO)C(O)CCCCCCCCCCCCCCCCCCC)OC(=O)CCCCCCCCC/C=C\CCCCCC.